The van der Waals surface area contributed by atoms with E-state index in [0.717, 1.165) is 12.8 Å². The van der Waals surface area contributed by atoms with Crippen LogP contribution in [0, 0.1) is 11.7 Å². The maximum absolute atomic E-state index is 15.1. The zero-order chi connectivity index (χ0) is 26.0. The number of benzene rings is 1. The Labute approximate surface area is 210 Å². The highest BCUT2D eigenvalue weighted by molar-refractivity contribution is 6.00. The van der Waals surface area contributed by atoms with Crippen LogP contribution in [0.4, 0.5) is 4.39 Å². The normalized spacial score (nSPS) is 19.8. The Kier molecular flexibility index (Phi) is 7.45. The summed E-state index contributed by atoms with van der Waals surface area (Å²) < 4.78 is 21.4. The van der Waals surface area contributed by atoms with Crippen molar-refractivity contribution in [3.8, 4) is 22.4 Å². The lowest BCUT2D eigenvalue weighted by molar-refractivity contribution is -0.0704. The van der Waals surface area contributed by atoms with Crippen LogP contribution in [-0.2, 0) is 4.74 Å². The number of nitrogens with zero attached hydrogens (tertiary/aromatic N) is 2. The minimum atomic E-state index is -0.747. The molecule has 3 atom stereocenters. The van der Waals surface area contributed by atoms with E-state index < -0.39 is 11.7 Å². The van der Waals surface area contributed by atoms with E-state index in [9.17, 15) is 9.59 Å². The van der Waals surface area contributed by atoms with Crippen molar-refractivity contribution in [1.29, 1.82) is 0 Å². The van der Waals surface area contributed by atoms with Crippen molar-refractivity contribution in [2.24, 2.45) is 11.7 Å². The van der Waals surface area contributed by atoms with E-state index in [-0.39, 0.29) is 46.7 Å². The number of hydrogen-bond donors (Lipinski definition) is 2. The molecule has 0 radical (unpaired) electrons. The molecule has 1 saturated heterocycles. The van der Waals surface area contributed by atoms with Gasteiger partial charge in [0.25, 0.3) is 11.8 Å². The molecule has 7 nitrogen and oxygen atoms in total. The zero-order valence-corrected chi connectivity index (χ0v) is 20.9. The first kappa shape index (κ1) is 25.4. The van der Waals surface area contributed by atoms with Crippen molar-refractivity contribution in [2.45, 2.75) is 58.8 Å². The van der Waals surface area contributed by atoms with E-state index in [2.05, 4.69) is 22.2 Å². The second-order valence-electron chi connectivity index (χ2n) is 9.63. The Hall–Kier alpha value is -3.65. The second-order valence-corrected chi connectivity index (χ2v) is 9.63. The van der Waals surface area contributed by atoms with E-state index in [4.69, 9.17) is 10.5 Å². The van der Waals surface area contributed by atoms with Crippen LogP contribution in [0.25, 0.3) is 22.4 Å². The molecule has 1 aromatic carbocycles. The van der Waals surface area contributed by atoms with Crippen molar-refractivity contribution in [2.75, 3.05) is 0 Å². The number of pyridine rings is 2. The average Bonchev–Trinajstić information content (AvgIpc) is 2.85. The Bertz CT molecular complexity index is 1280. The zero-order valence-electron chi connectivity index (χ0n) is 20.9. The fraction of sp³-hybridized carbons (Fsp3) is 0.357. The standard InChI is InChI=1S/C28H31FN4O3/c1-15(2)32-28(35)18-8-9-22(29)20(12-18)23-13-21(24-10-7-16(3)17(4)36-24)25(26(33-23)27(30)34)19-6-5-11-31-14-19/h5-6,8-9,11-17,24H,7,10H2,1-4H3,(H2,30,34)(H,32,35). The van der Waals surface area contributed by atoms with Gasteiger partial charge < -0.3 is 15.8 Å². The molecule has 8 heteroatoms. The van der Waals surface area contributed by atoms with Gasteiger partial charge in [0.1, 0.15) is 11.5 Å². The van der Waals surface area contributed by atoms with E-state index in [0.29, 0.717) is 22.6 Å². The number of ether oxygens (including phenoxy) is 1. The topological polar surface area (TPSA) is 107 Å². The lowest BCUT2D eigenvalue weighted by atomic mass is 9.87. The predicted octanol–water partition coefficient (Wildman–Crippen LogP) is 5.06. The number of nitrogens with two attached hydrogens (primary N) is 1. The SMILES string of the molecule is CC(C)NC(=O)c1ccc(F)c(-c2cc(C3CCC(C)C(C)O3)c(-c3cccnc3)c(C(N)=O)n2)c1. The number of carbonyl (C=O) groups is 2. The molecule has 0 aliphatic carbocycles. The molecule has 2 aromatic heterocycles. The lowest BCUT2D eigenvalue weighted by Gasteiger charge is -2.34. The van der Waals surface area contributed by atoms with Gasteiger partial charge in [0.15, 0.2) is 0 Å². The van der Waals surface area contributed by atoms with Crippen molar-refractivity contribution in [1.82, 2.24) is 15.3 Å². The first-order valence-corrected chi connectivity index (χ1v) is 12.2. The molecule has 1 fully saturated rings. The molecule has 188 valence electrons. The number of primary amides is 1. The first-order valence-electron chi connectivity index (χ1n) is 12.2. The first-order chi connectivity index (χ1) is 17.2. The molecule has 0 bridgehead atoms. The molecule has 2 amide bonds. The van der Waals surface area contributed by atoms with Crippen LogP contribution in [0.15, 0.2) is 48.8 Å². The molecular weight excluding hydrogens is 459 g/mol. The van der Waals surface area contributed by atoms with Gasteiger partial charge in [-0.25, -0.2) is 9.37 Å². The summed E-state index contributed by atoms with van der Waals surface area (Å²) in [5.41, 5.74) is 8.28. The van der Waals surface area contributed by atoms with Crippen LogP contribution in [0.1, 0.15) is 73.1 Å². The van der Waals surface area contributed by atoms with Crippen molar-refractivity contribution < 1.29 is 18.7 Å². The summed E-state index contributed by atoms with van der Waals surface area (Å²) in [6.45, 7) is 7.85. The third-order valence-corrected chi connectivity index (χ3v) is 6.57. The smallest absolute Gasteiger partial charge is 0.267 e. The minimum absolute atomic E-state index is 0.000986. The summed E-state index contributed by atoms with van der Waals surface area (Å²) in [5.74, 6) is -1.26. The molecule has 3 N–H and O–H groups in total. The van der Waals surface area contributed by atoms with Crippen LogP contribution < -0.4 is 11.1 Å². The number of carbonyl (C=O) groups excluding carboxylic acids is 2. The summed E-state index contributed by atoms with van der Waals surface area (Å²) >= 11 is 0. The summed E-state index contributed by atoms with van der Waals surface area (Å²) in [6.07, 6.45) is 4.58. The molecular formula is C28H31FN4O3. The maximum Gasteiger partial charge on any atom is 0.267 e. The highest BCUT2D eigenvalue weighted by atomic mass is 19.1. The number of aromatic nitrogens is 2. The molecule has 1 aliphatic rings. The van der Waals surface area contributed by atoms with Gasteiger partial charge in [0, 0.05) is 40.7 Å². The van der Waals surface area contributed by atoms with E-state index in [1.54, 1.807) is 24.5 Å². The summed E-state index contributed by atoms with van der Waals surface area (Å²) in [7, 11) is 0. The van der Waals surface area contributed by atoms with Gasteiger partial charge in [0.2, 0.25) is 0 Å². The highest BCUT2D eigenvalue weighted by Gasteiger charge is 2.31. The number of amides is 2. The van der Waals surface area contributed by atoms with E-state index >= 15 is 4.39 Å². The Morgan fingerprint density at radius 3 is 2.58 bits per heavy atom. The molecule has 0 spiro atoms. The van der Waals surface area contributed by atoms with Gasteiger partial charge in [-0.15, -0.1) is 0 Å². The molecule has 1 aliphatic heterocycles. The number of nitrogens with one attached hydrogen (secondary N) is 1. The van der Waals surface area contributed by atoms with Gasteiger partial charge in [0.05, 0.1) is 17.9 Å². The maximum atomic E-state index is 15.1. The van der Waals surface area contributed by atoms with E-state index in [1.807, 2.05) is 26.8 Å². The van der Waals surface area contributed by atoms with Crippen molar-refractivity contribution >= 4 is 11.8 Å². The molecule has 3 aromatic rings. The number of hydrogen-bond acceptors (Lipinski definition) is 5. The van der Waals surface area contributed by atoms with Crippen molar-refractivity contribution in [3.05, 3.63) is 71.4 Å². The summed E-state index contributed by atoms with van der Waals surface area (Å²) in [6, 6.07) is 9.34. The van der Waals surface area contributed by atoms with Gasteiger partial charge >= 0.3 is 0 Å². The largest absolute Gasteiger partial charge is 0.370 e. The molecule has 36 heavy (non-hydrogen) atoms. The van der Waals surface area contributed by atoms with Crippen LogP contribution >= 0.6 is 0 Å². The van der Waals surface area contributed by atoms with Crippen LogP contribution in [0.2, 0.25) is 0 Å². The third-order valence-electron chi connectivity index (χ3n) is 6.57. The minimum Gasteiger partial charge on any atom is -0.370 e. The van der Waals surface area contributed by atoms with Gasteiger partial charge in [-0.05, 0) is 75.4 Å². The lowest BCUT2D eigenvalue weighted by Crippen LogP contribution is -2.30. The number of rotatable bonds is 6. The van der Waals surface area contributed by atoms with Gasteiger partial charge in [-0.3, -0.25) is 14.6 Å². The van der Waals surface area contributed by atoms with Crippen LogP contribution in [0.5, 0.6) is 0 Å². The monoisotopic (exact) mass is 490 g/mol. The second kappa shape index (κ2) is 10.5. The number of halogens is 1. The van der Waals surface area contributed by atoms with Crippen LogP contribution in [0.3, 0.4) is 0 Å². The van der Waals surface area contributed by atoms with Gasteiger partial charge in [-0.1, -0.05) is 13.0 Å². The fourth-order valence-corrected chi connectivity index (χ4v) is 4.50. The Morgan fingerprint density at radius 1 is 1.17 bits per heavy atom. The van der Waals surface area contributed by atoms with Crippen LogP contribution in [-0.4, -0.2) is 33.9 Å². The Morgan fingerprint density at radius 2 is 1.94 bits per heavy atom. The van der Waals surface area contributed by atoms with Crippen molar-refractivity contribution in [3.63, 3.8) is 0 Å². The molecule has 0 saturated carbocycles. The summed E-state index contributed by atoms with van der Waals surface area (Å²) in [4.78, 5) is 33.9. The summed E-state index contributed by atoms with van der Waals surface area (Å²) in [5, 5.41) is 2.81. The Balaban J connectivity index is 1.93. The predicted molar refractivity (Wildman–Crippen MR) is 136 cm³/mol. The van der Waals surface area contributed by atoms with E-state index in [1.165, 1.54) is 18.2 Å². The molecule has 3 heterocycles. The molecule has 4 rings (SSSR count). The average molecular weight is 491 g/mol. The fourth-order valence-electron chi connectivity index (χ4n) is 4.50. The molecule has 3 unspecified atom stereocenters. The highest BCUT2D eigenvalue weighted by Crippen LogP contribution is 2.41. The van der Waals surface area contributed by atoms with Gasteiger partial charge in [-0.2, -0.15) is 0 Å². The third kappa shape index (κ3) is 5.28. The quantitative estimate of drug-likeness (QED) is 0.502.